The molecular weight excluding hydrogens is 285 g/mol. The van der Waals surface area contributed by atoms with E-state index in [2.05, 4.69) is 26.0 Å². The Hall–Kier alpha value is -1.07. The number of hydrogen-bond acceptors (Lipinski definition) is 3. The second-order valence-electron chi connectivity index (χ2n) is 2.57. The summed E-state index contributed by atoms with van der Waals surface area (Å²) in [6.45, 7) is 0. The Labute approximate surface area is 99.7 Å². The van der Waals surface area contributed by atoms with Gasteiger partial charge in [0.2, 0.25) is 0 Å². The van der Waals surface area contributed by atoms with E-state index in [1.165, 1.54) is 0 Å². The first kappa shape index (κ1) is 12.0. The Morgan fingerprint density at radius 3 is 2.73 bits per heavy atom. The molecule has 4 nitrogen and oxygen atoms in total. The average Bonchev–Trinajstić information content (AvgIpc) is 2.22. The zero-order chi connectivity index (χ0) is 11.4. The molecule has 0 aliphatic heterocycles. The molecule has 0 aromatic heterocycles. The van der Waals surface area contributed by atoms with Crippen LogP contribution in [0.5, 0.6) is 0 Å². The van der Waals surface area contributed by atoms with E-state index >= 15 is 0 Å². The number of esters is 1. The second kappa shape index (κ2) is 5.14. The van der Waals surface area contributed by atoms with Crippen LogP contribution in [0.15, 0.2) is 22.7 Å². The third-order valence-electron chi connectivity index (χ3n) is 1.55. The largest absolute Gasteiger partial charge is 0.462 e. The Balaban J connectivity index is 2.85. The van der Waals surface area contributed by atoms with Crippen LogP contribution in [0.2, 0.25) is 5.02 Å². The summed E-state index contributed by atoms with van der Waals surface area (Å²) in [5, 5.41) is 2.67. The number of halogens is 2. The van der Waals surface area contributed by atoms with E-state index in [1.807, 2.05) is 0 Å². The Morgan fingerprint density at radius 2 is 2.13 bits per heavy atom. The molecule has 0 unspecified atom stereocenters. The minimum atomic E-state index is -0.967. The van der Waals surface area contributed by atoms with E-state index in [-0.39, 0.29) is 0 Å². The summed E-state index contributed by atoms with van der Waals surface area (Å²) >= 11 is 9.01. The van der Waals surface area contributed by atoms with Crippen LogP contribution in [0, 0.1) is 0 Å². The van der Waals surface area contributed by atoms with Gasteiger partial charge in [-0.05, 0) is 18.2 Å². The van der Waals surface area contributed by atoms with E-state index in [0.29, 0.717) is 10.7 Å². The molecule has 0 atom stereocenters. The SMILES string of the molecule is COC(=O)C(=O)Nc1cc(Br)ccc1Cl. The normalized spacial score (nSPS) is 9.53. The number of rotatable bonds is 1. The van der Waals surface area contributed by atoms with Crippen molar-refractivity contribution in [2.24, 2.45) is 0 Å². The number of amides is 1. The number of methoxy groups -OCH3 is 1. The molecule has 80 valence electrons. The summed E-state index contributed by atoms with van der Waals surface area (Å²) in [7, 11) is 1.13. The lowest BCUT2D eigenvalue weighted by Gasteiger charge is -2.05. The Bertz CT molecular complexity index is 408. The number of nitrogens with one attached hydrogen (secondary N) is 1. The fourth-order valence-electron chi connectivity index (χ4n) is 0.859. The van der Waals surface area contributed by atoms with Crippen molar-refractivity contribution >= 4 is 45.1 Å². The van der Waals surface area contributed by atoms with Gasteiger partial charge in [-0.25, -0.2) is 4.79 Å². The quantitative estimate of drug-likeness (QED) is 0.638. The highest BCUT2D eigenvalue weighted by atomic mass is 79.9. The first-order valence-corrected chi connectivity index (χ1v) is 5.06. The molecule has 0 spiro atoms. The lowest BCUT2D eigenvalue weighted by molar-refractivity contribution is -0.150. The van der Waals surface area contributed by atoms with E-state index in [9.17, 15) is 9.59 Å². The van der Waals surface area contributed by atoms with Gasteiger partial charge in [-0.2, -0.15) is 0 Å². The molecule has 0 heterocycles. The molecule has 0 radical (unpaired) electrons. The van der Waals surface area contributed by atoms with Crippen LogP contribution in [0.4, 0.5) is 5.69 Å². The standard InChI is InChI=1S/C9H7BrClNO3/c1-15-9(14)8(13)12-7-4-5(10)2-3-6(7)11/h2-4H,1H3,(H,12,13). The molecule has 1 N–H and O–H groups in total. The molecule has 0 aliphatic rings. The zero-order valence-electron chi connectivity index (χ0n) is 7.71. The van der Waals surface area contributed by atoms with Crippen molar-refractivity contribution in [2.45, 2.75) is 0 Å². The van der Waals surface area contributed by atoms with Crippen molar-refractivity contribution in [1.29, 1.82) is 0 Å². The maximum atomic E-state index is 11.1. The average molecular weight is 293 g/mol. The lowest BCUT2D eigenvalue weighted by Crippen LogP contribution is -2.23. The van der Waals surface area contributed by atoms with Crippen LogP contribution < -0.4 is 5.32 Å². The molecular formula is C9H7BrClNO3. The molecule has 15 heavy (non-hydrogen) atoms. The molecule has 0 saturated carbocycles. The Kier molecular flexibility index (Phi) is 4.11. The van der Waals surface area contributed by atoms with Gasteiger partial charge in [0, 0.05) is 4.47 Å². The Morgan fingerprint density at radius 1 is 1.47 bits per heavy atom. The summed E-state index contributed by atoms with van der Waals surface area (Å²) in [4.78, 5) is 22.0. The van der Waals surface area contributed by atoms with Crippen molar-refractivity contribution < 1.29 is 14.3 Å². The maximum absolute atomic E-state index is 11.1. The highest BCUT2D eigenvalue weighted by Gasteiger charge is 2.15. The van der Waals surface area contributed by atoms with Crippen LogP contribution in [0.1, 0.15) is 0 Å². The van der Waals surface area contributed by atoms with E-state index in [1.54, 1.807) is 18.2 Å². The van der Waals surface area contributed by atoms with Gasteiger partial charge in [0.25, 0.3) is 0 Å². The first-order valence-electron chi connectivity index (χ1n) is 3.89. The monoisotopic (exact) mass is 291 g/mol. The number of anilines is 1. The second-order valence-corrected chi connectivity index (χ2v) is 3.89. The highest BCUT2D eigenvalue weighted by Crippen LogP contribution is 2.25. The number of carbonyl (C=O) groups is 2. The van der Waals surface area contributed by atoms with Crippen LogP contribution in [-0.2, 0) is 14.3 Å². The van der Waals surface area contributed by atoms with Gasteiger partial charge in [0.1, 0.15) is 0 Å². The molecule has 1 rings (SSSR count). The molecule has 0 fully saturated rings. The van der Waals surface area contributed by atoms with Crippen LogP contribution in [0.3, 0.4) is 0 Å². The smallest absolute Gasteiger partial charge is 0.396 e. The molecule has 0 aliphatic carbocycles. The van der Waals surface area contributed by atoms with E-state index in [4.69, 9.17) is 11.6 Å². The third-order valence-corrected chi connectivity index (χ3v) is 2.37. The number of hydrogen-bond donors (Lipinski definition) is 1. The van der Waals surface area contributed by atoms with Crippen molar-refractivity contribution in [2.75, 3.05) is 12.4 Å². The fourth-order valence-corrected chi connectivity index (χ4v) is 1.39. The predicted octanol–water partition coefficient (Wildman–Crippen LogP) is 2.21. The van der Waals surface area contributed by atoms with Crippen molar-refractivity contribution in [1.82, 2.24) is 0 Å². The van der Waals surface area contributed by atoms with Crippen LogP contribution >= 0.6 is 27.5 Å². The zero-order valence-corrected chi connectivity index (χ0v) is 10.1. The summed E-state index contributed by atoms with van der Waals surface area (Å²) in [6.07, 6.45) is 0. The van der Waals surface area contributed by atoms with Crippen molar-refractivity contribution in [3.63, 3.8) is 0 Å². The first-order chi connectivity index (χ1) is 7.04. The number of ether oxygens (including phenoxy) is 1. The fraction of sp³-hybridized carbons (Fsp3) is 0.111. The van der Waals surface area contributed by atoms with Gasteiger partial charge in [0.15, 0.2) is 0 Å². The number of carbonyl (C=O) groups excluding carboxylic acids is 2. The maximum Gasteiger partial charge on any atom is 0.396 e. The third kappa shape index (κ3) is 3.21. The van der Waals surface area contributed by atoms with E-state index in [0.717, 1.165) is 11.6 Å². The van der Waals surface area contributed by atoms with Gasteiger partial charge < -0.3 is 10.1 Å². The molecule has 1 aromatic carbocycles. The summed E-state index contributed by atoms with van der Waals surface area (Å²) in [5.74, 6) is -1.83. The minimum Gasteiger partial charge on any atom is -0.462 e. The van der Waals surface area contributed by atoms with Gasteiger partial charge in [-0.15, -0.1) is 0 Å². The lowest BCUT2D eigenvalue weighted by atomic mass is 10.3. The predicted molar refractivity (Wildman–Crippen MR) is 59.8 cm³/mol. The summed E-state index contributed by atoms with van der Waals surface area (Å²) < 4.78 is 4.99. The van der Waals surface area contributed by atoms with E-state index < -0.39 is 11.9 Å². The summed E-state index contributed by atoms with van der Waals surface area (Å²) in [5.41, 5.74) is 0.349. The molecule has 1 aromatic rings. The van der Waals surface area contributed by atoms with Gasteiger partial charge in [-0.1, -0.05) is 27.5 Å². The molecule has 6 heteroatoms. The van der Waals surface area contributed by atoms with Gasteiger partial charge >= 0.3 is 11.9 Å². The summed E-state index contributed by atoms with van der Waals surface area (Å²) in [6, 6.07) is 4.90. The van der Waals surface area contributed by atoms with Crippen LogP contribution in [0.25, 0.3) is 0 Å². The van der Waals surface area contributed by atoms with Crippen molar-refractivity contribution in [3.05, 3.63) is 27.7 Å². The highest BCUT2D eigenvalue weighted by molar-refractivity contribution is 9.10. The van der Waals surface area contributed by atoms with Gasteiger partial charge in [-0.3, -0.25) is 4.79 Å². The van der Waals surface area contributed by atoms with Crippen LogP contribution in [-0.4, -0.2) is 19.0 Å². The van der Waals surface area contributed by atoms with Crippen molar-refractivity contribution in [3.8, 4) is 0 Å². The molecule has 0 saturated heterocycles. The minimum absolute atomic E-state index is 0.343. The van der Waals surface area contributed by atoms with Gasteiger partial charge in [0.05, 0.1) is 17.8 Å². The molecule has 0 bridgehead atoms. The topological polar surface area (TPSA) is 55.4 Å². The molecule has 1 amide bonds. The number of benzene rings is 1.